The number of hydrogen-bond acceptors (Lipinski definition) is 5. The number of sulfonamides is 1. The van der Waals surface area contributed by atoms with Crippen LogP contribution in [0, 0.1) is 6.92 Å². The van der Waals surface area contributed by atoms with Crippen molar-refractivity contribution in [2.75, 3.05) is 18.0 Å². The monoisotopic (exact) mass is 629 g/mol. The third kappa shape index (κ3) is 7.85. The summed E-state index contributed by atoms with van der Waals surface area (Å²) in [5.41, 5.74) is 1.97. The van der Waals surface area contributed by atoms with Crippen LogP contribution in [0.3, 0.4) is 0 Å². The Kier molecular flexibility index (Phi) is 10.8. The number of hydrogen-bond donors (Lipinski definition) is 1. The highest BCUT2D eigenvalue weighted by Crippen LogP contribution is 2.28. The van der Waals surface area contributed by atoms with Gasteiger partial charge >= 0.3 is 0 Å². The fourth-order valence-corrected chi connectivity index (χ4v) is 5.86. The highest BCUT2D eigenvalue weighted by atomic mass is 79.9. The third-order valence-corrected chi connectivity index (χ3v) is 8.92. The average molecular weight is 631 g/mol. The van der Waals surface area contributed by atoms with Crippen LogP contribution in [0.4, 0.5) is 5.69 Å². The molecule has 1 N–H and O–H groups in total. The Hall–Kier alpha value is -3.37. The number of ether oxygens (including phenoxy) is 1. The maximum Gasteiger partial charge on any atom is 0.264 e. The first-order valence-corrected chi connectivity index (χ1v) is 15.3. The number of carbonyl (C=O) groups excluding carboxylic acids is 2. The Labute approximate surface area is 245 Å². The maximum atomic E-state index is 14.0. The molecular weight excluding hydrogens is 594 g/mol. The van der Waals surface area contributed by atoms with E-state index in [2.05, 4.69) is 21.2 Å². The summed E-state index contributed by atoms with van der Waals surface area (Å²) in [6, 6.07) is 19.5. The number of methoxy groups -OCH3 is 1. The van der Waals surface area contributed by atoms with Crippen LogP contribution in [-0.4, -0.2) is 50.9 Å². The molecule has 3 aromatic rings. The topological polar surface area (TPSA) is 96.0 Å². The van der Waals surface area contributed by atoms with Gasteiger partial charge in [0.15, 0.2) is 0 Å². The van der Waals surface area contributed by atoms with Crippen LogP contribution in [0.15, 0.2) is 82.2 Å². The van der Waals surface area contributed by atoms with Crippen LogP contribution in [-0.2, 0) is 26.2 Å². The van der Waals surface area contributed by atoms with Crippen molar-refractivity contribution in [3.8, 4) is 5.75 Å². The molecule has 0 bridgehead atoms. The molecule has 0 radical (unpaired) electrons. The molecule has 214 valence electrons. The van der Waals surface area contributed by atoms with Gasteiger partial charge in [0.1, 0.15) is 18.3 Å². The smallest absolute Gasteiger partial charge is 0.264 e. The molecule has 0 fully saturated rings. The third-order valence-electron chi connectivity index (χ3n) is 6.64. The minimum Gasteiger partial charge on any atom is -0.497 e. The molecule has 10 heteroatoms. The van der Waals surface area contributed by atoms with Gasteiger partial charge in [-0.3, -0.25) is 13.9 Å². The van der Waals surface area contributed by atoms with Gasteiger partial charge in [-0.1, -0.05) is 58.7 Å². The van der Waals surface area contributed by atoms with E-state index in [1.807, 2.05) is 45.0 Å². The molecule has 0 heterocycles. The number of anilines is 1. The van der Waals surface area contributed by atoms with E-state index >= 15 is 0 Å². The molecule has 3 aromatic carbocycles. The summed E-state index contributed by atoms with van der Waals surface area (Å²) < 4.78 is 35.1. The van der Waals surface area contributed by atoms with Gasteiger partial charge in [-0.2, -0.15) is 0 Å². The van der Waals surface area contributed by atoms with E-state index in [1.54, 1.807) is 43.3 Å². The number of nitrogens with one attached hydrogen (secondary N) is 1. The first kappa shape index (κ1) is 31.2. The molecule has 2 atom stereocenters. The van der Waals surface area contributed by atoms with Gasteiger partial charge < -0.3 is 15.0 Å². The Morgan fingerprint density at radius 3 is 2.30 bits per heavy atom. The van der Waals surface area contributed by atoms with Crippen molar-refractivity contribution in [1.29, 1.82) is 0 Å². The summed E-state index contributed by atoms with van der Waals surface area (Å²) >= 11 is 3.46. The van der Waals surface area contributed by atoms with Crippen LogP contribution >= 0.6 is 15.9 Å². The molecule has 0 saturated carbocycles. The molecule has 0 saturated heterocycles. The standard InChI is InChI=1S/C30H36BrN3O5S/c1-6-22(3)32-30(36)23(4)33(19-24-9-7-10-25(31)17-24)29(35)20-34(26-11-8-12-27(18-26)39-5)40(37,38)28-15-13-21(2)14-16-28/h7-18,22-23H,6,19-20H2,1-5H3,(H,32,36). The highest BCUT2D eigenvalue weighted by molar-refractivity contribution is 9.10. The van der Waals surface area contributed by atoms with Gasteiger partial charge in [-0.25, -0.2) is 8.42 Å². The molecule has 0 aliphatic heterocycles. The zero-order valence-electron chi connectivity index (χ0n) is 23.4. The summed E-state index contributed by atoms with van der Waals surface area (Å²) in [6.07, 6.45) is 0.733. The van der Waals surface area contributed by atoms with Crippen molar-refractivity contribution >= 4 is 43.5 Å². The summed E-state index contributed by atoms with van der Waals surface area (Å²) in [5.74, 6) is -0.390. The number of aryl methyl sites for hydroxylation is 1. The van der Waals surface area contributed by atoms with Gasteiger partial charge in [0, 0.05) is 23.1 Å². The first-order chi connectivity index (χ1) is 19.0. The number of benzene rings is 3. The van der Waals surface area contributed by atoms with Crippen LogP contribution in [0.5, 0.6) is 5.75 Å². The Bertz CT molecular complexity index is 1430. The van der Waals surface area contributed by atoms with Gasteiger partial charge in [0.2, 0.25) is 11.8 Å². The highest BCUT2D eigenvalue weighted by Gasteiger charge is 2.33. The molecule has 2 amide bonds. The lowest BCUT2D eigenvalue weighted by atomic mass is 10.1. The Balaban J connectivity index is 2.05. The van der Waals surface area contributed by atoms with Gasteiger partial charge in [-0.05, 0) is 69.2 Å². The number of nitrogens with zero attached hydrogens (tertiary/aromatic N) is 2. The van der Waals surface area contributed by atoms with Crippen molar-refractivity contribution in [3.63, 3.8) is 0 Å². The van der Waals surface area contributed by atoms with Gasteiger partial charge in [0.05, 0.1) is 17.7 Å². The lowest BCUT2D eigenvalue weighted by Gasteiger charge is -2.32. The van der Waals surface area contributed by atoms with Gasteiger partial charge in [-0.15, -0.1) is 0 Å². The quantitative estimate of drug-likeness (QED) is 0.294. The largest absolute Gasteiger partial charge is 0.497 e. The molecule has 3 rings (SSSR count). The Morgan fingerprint density at radius 1 is 1.00 bits per heavy atom. The Morgan fingerprint density at radius 2 is 1.68 bits per heavy atom. The number of amides is 2. The van der Waals surface area contributed by atoms with E-state index in [9.17, 15) is 18.0 Å². The molecule has 40 heavy (non-hydrogen) atoms. The van der Waals surface area contributed by atoms with Crippen LogP contribution in [0.25, 0.3) is 0 Å². The molecule has 2 unspecified atom stereocenters. The molecule has 0 aliphatic rings. The van der Waals surface area contributed by atoms with Gasteiger partial charge in [0.25, 0.3) is 10.0 Å². The SMILES string of the molecule is CCC(C)NC(=O)C(C)N(Cc1cccc(Br)c1)C(=O)CN(c1cccc(OC)c1)S(=O)(=O)c1ccc(C)cc1. The van der Waals surface area contributed by atoms with Crippen molar-refractivity contribution in [2.45, 2.75) is 57.6 Å². The number of carbonyl (C=O) groups is 2. The van der Waals surface area contributed by atoms with Crippen molar-refractivity contribution in [1.82, 2.24) is 10.2 Å². The average Bonchev–Trinajstić information content (AvgIpc) is 2.94. The fourth-order valence-electron chi connectivity index (χ4n) is 4.01. The van der Waals surface area contributed by atoms with E-state index in [4.69, 9.17) is 4.74 Å². The molecule has 0 aliphatic carbocycles. The summed E-state index contributed by atoms with van der Waals surface area (Å²) in [5, 5.41) is 2.93. The lowest BCUT2D eigenvalue weighted by molar-refractivity contribution is -0.139. The second-order valence-electron chi connectivity index (χ2n) is 9.67. The molecular formula is C30H36BrN3O5S. The van der Waals surface area contributed by atoms with Crippen molar-refractivity contribution in [3.05, 3.63) is 88.4 Å². The minimum atomic E-state index is -4.15. The van der Waals surface area contributed by atoms with E-state index in [0.29, 0.717) is 5.75 Å². The fraction of sp³-hybridized carbons (Fsp3) is 0.333. The predicted molar refractivity (Wildman–Crippen MR) is 161 cm³/mol. The minimum absolute atomic E-state index is 0.0508. The van der Waals surface area contributed by atoms with Crippen LogP contribution < -0.4 is 14.4 Å². The molecule has 0 aromatic heterocycles. The van der Waals surface area contributed by atoms with E-state index in [0.717, 1.165) is 26.3 Å². The number of halogens is 1. The summed E-state index contributed by atoms with van der Waals surface area (Å²) in [4.78, 5) is 28.6. The van der Waals surface area contributed by atoms with E-state index in [1.165, 1.54) is 24.1 Å². The van der Waals surface area contributed by atoms with Crippen LogP contribution in [0.1, 0.15) is 38.3 Å². The van der Waals surface area contributed by atoms with Crippen molar-refractivity contribution in [2.24, 2.45) is 0 Å². The zero-order valence-corrected chi connectivity index (χ0v) is 25.8. The second-order valence-corrected chi connectivity index (χ2v) is 12.4. The first-order valence-electron chi connectivity index (χ1n) is 13.0. The normalized spacial score (nSPS) is 12.8. The molecule has 0 spiro atoms. The molecule has 8 nitrogen and oxygen atoms in total. The predicted octanol–water partition coefficient (Wildman–Crippen LogP) is 5.29. The lowest BCUT2D eigenvalue weighted by Crippen LogP contribution is -2.52. The van der Waals surface area contributed by atoms with E-state index in [-0.39, 0.29) is 29.1 Å². The van der Waals surface area contributed by atoms with Crippen LogP contribution in [0.2, 0.25) is 0 Å². The maximum absolute atomic E-state index is 14.0. The summed E-state index contributed by atoms with van der Waals surface area (Å²) in [7, 11) is -2.66. The second kappa shape index (κ2) is 13.8. The van der Waals surface area contributed by atoms with E-state index < -0.39 is 28.5 Å². The van der Waals surface area contributed by atoms with Crippen molar-refractivity contribution < 1.29 is 22.7 Å². The zero-order chi connectivity index (χ0) is 29.4. The number of rotatable bonds is 12. The summed E-state index contributed by atoms with van der Waals surface area (Å²) in [6.45, 7) is 6.97.